The molecule has 5 heteroatoms. The van der Waals surface area contributed by atoms with Crippen molar-refractivity contribution in [2.75, 3.05) is 14.2 Å². The average Bonchev–Trinajstić information content (AvgIpc) is 2.56. The lowest BCUT2D eigenvalue weighted by atomic mass is 9.85. The molecule has 0 amide bonds. The first-order chi connectivity index (χ1) is 11.4. The molecule has 1 aliphatic heterocycles. The molecular formula is C20H25BrClNO2. The van der Waals surface area contributed by atoms with E-state index in [9.17, 15) is 0 Å². The van der Waals surface area contributed by atoms with Crippen LogP contribution in [0.1, 0.15) is 30.5 Å². The molecule has 1 N–H and O–H groups in total. The molecule has 2 aromatic carbocycles. The number of fused-ring (bicyclic) bond motifs is 1. The zero-order chi connectivity index (χ0) is 17.3. The molecule has 0 aromatic heterocycles. The Hall–Kier alpha value is -1.23. The summed E-state index contributed by atoms with van der Waals surface area (Å²) in [6.45, 7) is 6.72. The fourth-order valence-electron chi connectivity index (χ4n) is 3.51. The van der Waals surface area contributed by atoms with Gasteiger partial charge in [0.1, 0.15) is 13.1 Å². The van der Waals surface area contributed by atoms with Gasteiger partial charge < -0.3 is 26.8 Å². The first-order valence-electron chi connectivity index (χ1n) is 8.26. The molecule has 0 aliphatic carbocycles. The highest BCUT2D eigenvalue weighted by molar-refractivity contribution is 9.10. The number of nitrogens with one attached hydrogen (secondary N) is 1. The van der Waals surface area contributed by atoms with Crippen molar-refractivity contribution in [3.63, 3.8) is 0 Å². The van der Waals surface area contributed by atoms with Crippen LogP contribution in [0, 0.1) is 0 Å². The normalized spacial score (nSPS) is 18.0. The highest BCUT2D eigenvalue weighted by Gasteiger charge is 2.37. The maximum absolute atomic E-state index is 5.48. The topological polar surface area (TPSA) is 22.9 Å². The van der Waals surface area contributed by atoms with Crippen LogP contribution in [-0.4, -0.2) is 19.8 Å². The van der Waals surface area contributed by atoms with Crippen molar-refractivity contribution < 1.29 is 26.8 Å². The predicted octanol–water partition coefficient (Wildman–Crippen LogP) is 0.390. The molecular weight excluding hydrogens is 402 g/mol. The van der Waals surface area contributed by atoms with Gasteiger partial charge in [0.15, 0.2) is 11.5 Å². The summed E-state index contributed by atoms with van der Waals surface area (Å²) >= 11 is 3.51. The Morgan fingerprint density at radius 1 is 1.00 bits per heavy atom. The molecule has 0 saturated heterocycles. The van der Waals surface area contributed by atoms with Crippen LogP contribution in [0.25, 0.3) is 0 Å². The van der Waals surface area contributed by atoms with Crippen molar-refractivity contribution in [1.82, 2.24) is 0 Å². The number of rotatable bonds is 4. The van der Waals surface area contributed by atoms with E-state index < -0.39 is 0 Å². The molecule has 0 saturated carbocycles. The van der Waals surface area contributed by atoms with E-state index >= 15 is 0 Å². The van der Waals surface area contributed by atoms with Gasteiger partial charge >= 0.3 is 0 Å². The van der Waals surface area contributed by atoms with Gasteiger partial charge in [-0.3, -0.25) is 0 Å². The van der Waals surface area contributed by atoms with Crippen LogP contribution in [0.2, 0.25) is 0 Å². The minimum atomic E-state index is 0. The van der Waals surface area contributed by atoms with E-state index in [1.807, 2.05) is 0 Å². The second-order valence-corrected chi connectivity index (χ2v) is 8.04. The summed E-state index contributed by atoms with van der Waals surface area (Å²) in [5, 5.41) is 0. The van der Waals surface area contributed by atoms with Gasteiger partial charge in [-0.25, -0.2) is 0 Å². The highest BCUT2D eigenvalue weighted by Crippen LogP contribution is 2.33. The molecule has 1 atom stereocenters. The molecule has 1 heterocycles. The lowest BCUT2D eigenvalue weighted by Crippen LogP contribution is -3.18. The Balaban J connectivity index is 0.00000225. The van der Waals surface area contributed by atoms with Crippen molar-refractivity contribution in [3.8, 4) is 11.5 Å². The lowest BCUT2D eigenvalue weighted by molar-refractivity contribution is -0.977. The number of quaternary nitrogens is 1. The second-order valence-electron chi connectivity index (χ2n) is 7.12. The van der Waals surface area contributed by atoms with E-state index in [4.69, 9.17) is 9.47 Å². The molecule has 0 radical (unpaired) electrons. The maximum Gasteiger partial charge on any atom is 0.161 e. The fraction of sp³-hybridized carbons (Fsp3) is 0.400. The first-order valence-corrected chi connectivity index (χ1v) is 9.05. The molecule has 3 rings (SSSR count). The number of halogens is 2. The van der Waals surface area contributed by atoms with Crippen molar-refractivity contribution in [2.24, 2.45) is 0 Å². The van der Waals surface area contributed by atoms with Crippen molar-refractivity contribution in [2.45, 2.75) is 38.9 Å². The molecule has 136 valence electrons. The molecule has 1 unspecified atom stereocenters. The molecule has 0 spiro atoms. The largest absolute Gasteiger partial charge is 1.00 e. The van der Waals surface area contributed by atoms with Crippen LogP contribution < -0.4 is 26.8 Å². The van der Waals surface area contributed by atoms with Gasteiger partial charge in [0.05, 0.1) is 19.8 Å². The Kier molecular flexibility index (Phi) is 6.41. The van der Waals surface area contributed by atoms with E-state index in [0.29, 0.717) is 0 Å². The van der Waals surface area contributed by atoms with Crippen molar-refractivity contribution in [3.05, 3.63) is 57.6 Å². The third-order valence-electron chi connectivity index (χ3n) is 5.03. The Morgan fingerprint density at radius 3 is 2.12 bits per heavy atom. The third kappa shape index (κ3) is 4.30. The monoisotopic (exact) mass is 425 g/mol. The van der Waals surface area contributed by atoms with Crippen LogP contribution in [0.5, 0.6) is 11.5 Å². The van der Waals surface area contributed by atoms with Crippen molar-refractivity contribution >= 4 is 15.9 Å². The zero-order valence-corrected chi connectivity index (χ0v) is 17.5. The molecule has 2 aromatic rings. The number of ether oxygens (including phenoxy) is 2. The molecule has 0 bridgehead atoms. The second kappa shape index (κ2) is 7.98. The third-order valence-corrected chi connectivity index (χ3v) is 5.56. The van der Waals surface area contributed by atoms with E-state index in [0.717, 1.165) is 35.5 Å². The van der Waals surface area contributed by atoms with Gasteiger partial charge in [-0.1, -0.05) is 28.1 Å². The Bertz CT molecular complexity index is 731. The summed E-state index contributed by atoms with van der Waals surface area (Å²) in [6, 6.07) is 12.9. The minimum Gasteiger partial charge on any atom is -1.00 e. The maximum atomic E-state index is 5.48. The van der Waals surface area contributed by atoms with Gasteiger partial charge in [0.25, 0.3) is 0 Å². The summed E-state index contributed by atoms with van der Waals surface area (Å²) in [6.07, 6.45) is 1.04. The Labute approximate surface area is 164 Å². The number of hydrogen-bond donors (Lipinski definition) is 1. The number of benzene rings is 2. The van der Waals surface area contributed by atoms with Gasteiger partial charge in [-0.15, -0.1) is 0 Å². The average molecular weight is 427 g/mol. The fourth-order valence-corrected chi connectivity index (χ4v) is 3.78. The standard InChI is InChI=1S/C20H24BrNO2.ClH/c1-20(2)11-15-9-18(23-3)19(24-4)10-16(15)13-22(20)12-14-5-7-17(21)8-6-14;/h5-10H,11-13H2,1-4H3;1H. The molecule has 1 aliphatic rings. The van der Waals surface area contributed by atoms with Gasteiger partial charge in [0.2, 0.25) is 0 Å². The summed E-state index contributed by atoms with van der Waals surface area (Å²) in [5.41, 5.74) is 4.28. The van der Waals surface area contributed by atoms with E-state index in [1.165, 1.54) is 16.7 Å². The van der Waals surface area contributed by atoms with E-state index in [-0.39, 0.29) is 17.9 Å². The van der Waals surface area contributed by atoms with Crippen LogP contribution in [0.15, 0.2) is 40.9 Å². The van der Waals surface area contributed by atoms with Gasteiger partial charge in [-0.2, -0.15) is 0 Å². The minimum absolute atomic E-state index is 0. The Morgan fingerprint density at radius 2 is 1.56 bits per heavy atom. The SMILES string of the molecule is COc1cc2c(cc1OC)CC(C)(C)[NH+](Cc1ccc(Br)cc1)C2.[Cl-]. The van der Waals surface area contributed by atoms with Crippen LogP contribution in [0.4, 0.5) is 0 Å². The van der Waals surface area contributed by atoms with Crippen LogP contribution >= 0.6 is 15.9 Å². The molecule has 25 heavy (non-hydrogen) atoms. The van der Waals surface area contributed by atoms with Crippen molar-refractivity contribution in [1.29, 1.82) is 0 Å². The highest BCUT2D eigenvalue weighted by atomic mass is 79.9. The summed E-state index contributed by atoms with van der Waals surface area (Å²) in [4.78, 5) is 1.57. The van der Waals surface area contributed by atoms with E-state index in [2.05, 4.69) is 66.2 Å². The zero-order valence-electron chi connectivity index (χ0n) is 15.2. The number of methoxy groups -OCH3 is 2. The van der Waals surface area contributed by atoms with Gasteiger partial charge in [0, 0.05) is 22.0 Å². The summed E-state index contributed by atoms with van der Waals surface area (Å²) in [5.74, 6) is 1.64. The molecule has 3 nitrogen and oxygen atoms in total. The lowest BCUT2D eigenvalue weighted by Gasteiger charge is -2.40. The number of hydrogen-bond acceptors (Lipinski definition) is 2. The quantitative estimate of drug-likeness (QED) is 0.764. The summed E-state index contributed by atoms with van der Waals surface area (Å²) < 4.78 is 12.1. The van der Waals surface area contributed by atoms with Gasteiger partial charge in [-0.05, 0) is 43.7 Å². The van der Waals surface area contributed by atoms with Crippen LogP contribution in [0.3, 0.4) is 0 Å². The predicted molar refractivity (Wildman–Crippen MR) is 99.8 cm³/mol. The van der Waals surface area contributed by atoms with E-state index in [1.54, 1.807) is 19.1 Å². The summed E-state index contributed by atoms with van der Waals surface area (Å²) in [7, 11) is 3.40. The first kappa shape index (κ1) is 20.1. The molecule has 0 fully saturated rings. The smallest absolute Gasteiger partial charge is 0.161 e. The van der Waals surface area contributed by atoms with Crippen LogP contribution in [-0.2, 0) is 19.5 Å².